The maximum absolute atomic E-state index is 12.5. The second-order valence-electron chi connectivity index (χ2n) is 6.32. The molecule has 0 saturated carbocycles. The van der Waals surface area contributed by atoms with Crippen LogP contribution in [0.2, 0.25) is 5.02 Å². The molecule has 0 aliphatic heterocycles. The quantitative estimate of drug-likeness (QED) is 0.841. The van der Waals surface area contributed by atoms with Gasteiger partial charge in [0.15, 0.2) is 0 Å². The third kappa shape index (κ3) is 3.45. The zero-order valence-corrected chi connectivity index (χ0v) is 14.3. The number of carbonyl (C=O) groups excluding carboxylic acids is 1. The van der Waals surface area contributed by atoms with Crippen LogP contribution >= 0.6 is 11.6 Å². The Morgan fingerprint density at radius 1 is 1.14 bits per heavy atom. The van der Waals surface area contributed by atoms with Crippen LogP contribution in [0, 0.1) is 6.92 Å². The third-order valence-corrected chi connectivity index (χ3v) is 3.84. The molecule has 0 unspecified atom stereocenters. The maximum atomic E-state index is 12.5. The largest absolute Gasteiger partial charge is 0.336 e. The van der Waals surface area contributed by atoms with Gasteiger partial charge in [-0.05, 0) is 45.4 Å². The molecule has 1 amide bonds. The minimum absolute atomic E-state index is 0.0826. The molecule has 2 aromatic heterocycles. The highest BCUT2D eigenvalue weighted by atomic mass is 35.5. The number of carbonyl (C=O) groups is 1. The molecular weight excluding hydrogens is 298 g/mol. The molecular formula is C17H20ClN3O. The number of aromatic nitrogens is 2. The molecule has 4 nitrogen and oxygen atoms in total. The monoisotopic (exact) mass is 317 g/mol. The highest BCUT2D eigenvalue weighted by Crippen LogP contribution is 2.24. The summed E-state index contributed by atoms with van der Waals surface area (Å²) >= 11 is 5.96. The van der Waals surface area contributed by atoms with E-state index in [4.69, 9.17) is 11.6 Å². The van der Waals surface area contributed by atoms with Crippen molar-refractivity contribution in [3.8, 4) is 11.1 Å². The van der Waals surface area contributed by atoms with E-state index >= 15 is 0 Å². The second kappa shape index (κ2) is 6.05. The number of amides is 1. The van der Waals surface area contributed by atoms with E-state index in [-0.39, 0.29) is 11.4 Å². The Bertz CT molecular complexity index is 707. The van der Waals surface area contributed by atoms with Crippen LogP contribution in [0.3, 0.4) is 0 Å². The minimum atomic E-state index is -0.249. The molecule has 2 heterocycles. The SMILES string of the molecule is Cc1cc(-c2cncc(Cl)c2)cnc1C(=O)N(C)C(C)(C)C. The van der Waals surface area contributed by atoms with Crippen molar-refractivity contribution in [2.45, 2.75) is 33.2 Å². The van der Waals surface area contributed by atoms with Crippen molar-refractivity contribution in [1.82, 2.24) is 14.9 Å². The lowest BCUT2D eigenvalue weighted by atomic mass is 10.0. The summed E-state index contributed by atoms with van der Waals surface area (Å²) in [5, 5.41) is 0.572. The summed E-state index contributed by atoms with van der Waals surface area (Å²) < 4.78 is 0. The van der Waals surface area contributed by atoms with Gasteiger partial charge in [0.2, 0.25) is 0 Å². The summed E-state index contributed by atoms with van der Waals surface area (Å²) in [6.07, 6.45) is 5.00. The average molecular weight is 318 g/mol. The van der Waals surface area contributed by atoms with Crippen molar-refractivity contribution >= 4 is 17.5 Å². The van der Waals surface area contributed by atoms with Gasteiger partial charge in [-0.2, -0.15) is 0 Å². The van der Waals surface area contributed by atoms with Gasteiger partial charge in [-0.25, -0.2) is 0 Å². The Morgan fingerprint density at radius 3 is 2.32 bits per heavy atom. The van der Waals surface area contributed by atoms with E-state index in [1.54, 1.807) is 30.5 Å². The first-order valence-corrected chi connectivity index (χ1v) is 7.43. The molecule has 0 aliphatic rings. The number of nitrogens with zero attached hydrogens (tertiary/aromatic N) is 3. The van der Waals surface area contributed by atoms with Crippen LogP contribution in [0.4, 0.5) is 0 Å². The topological polar surface area (TPSA) is 46.1 Å². The van der Waals surface area contributed by atoms with Crippen LogP contribution in [0.15, 0.2) is 30.7 Å². The predicted molar refractivity (Wildman–Crippen MR) is 89.1 cm³/mol. The van der Waals surface area contributed by atoms with E-state index in [0.717, 1.165) is 16.7 Å². The number of halogens is 1. The zero-order valence-electron chi connectivity index (χ0n) is 13.5. The summed E-state index contributed by atoms with van der Waals surface area (Å²) in [5.74, 6) is -0.0826. The molecule has 116 valence electrons. The Labute approximate surface area is 136 Å². The van der Waals surface area contributed by atoms with Crippen LogP contribution in [0.25, 0.3) is 11.1 Å². The van der Waals surface area contributed by atoms with E-state index < -0.39 is 0 Å². The summed E-state index contributed by atoms with van der Waals surface area (Å²) in [4.78, 5) is 22.7. The molecule has 5 heteroatoms. The van der Waals surface area contributed by atoms with E-state index in [1.165, 1.54) is 0 Å². The summed E-state index contributed by atoms with van der Waals surface area (Å²) in [5.41, 5.74) is 2.82. The van der Waals surface area contributed by atoms with E-state index in [0.29, 0.717) is 10.7 Å². The van der Waals surface area contributed by atoms with E-state index in [9.17, 15) is 4.79 Å². The third-order valence-electron chi connectivity index (χ3n) is 3.63. The van der Waals surface area contributed by atoms with Gasteiger partial charge < -0.3 is 4.90 Å². The van der Waals surface area contributed by atoms with Crippen LogP contribution in [-0.4, -0.2) is 33.4 Å². The molecule has 0 spiro atoms. The van der Waals surface area contributed by atoms with Gasteiger partial charge in [-0.1, -0.05) is 11.6 Å². The predicted octanol–water partition coefficient (Wildman–Crippen LogP) is 3.98. The van der Waals surface area contributed by atoms with Crippen molar-refractivity contribution < 1.29 is 4.79 Å². The fraction of sp³-hybridized carbons (Fsp3) is 0.353. The van der Waals surface area contributed by atoms with Crippen molar-refractivity contribution in [2.24, 2.45) is 0 Å². The lowest BCUT2D eigenvalue weighted by Crippen LogP contribution is -2.43. The maximum Gasteiger partial charge on any atom is 0.272 e. The smallest absolute Gasteiger partial charge is 0.272 e. The molecule has 2 rings (SSSR count). The molecule has 0 fully saturated rings. The van der Waals surface area contributed by atoms with Gasteiger partial charge in [0.1, 0.15) is 5.69 Å². The van der Waals surface area contributed by atoms with Crippen LogP contribution in [0.5, 0.6) is 0 Å². The summed E-state index contributed by atoms with van der Waals surface area (Å²) in [6.45, 7) is 7.86. The molecule has 22 heavy (non-hydrogen) atoms. The Balaban J connectivity index is 2.37. The van der Waals surface area contributed by atoms with E-state index in [1.807, 2.05) is 39.8 Å². The molecule has 0 atom stereocenters. The number of hydrogen-bond acceptors (Lipinski definition) is 3. The molecule has 0 saturated heterocycles. The lowest BCUT2D eigenvalue weighted by molar-refractivity contribution is 0.0649. The van der Waals surface area contributed by atoms with Crippen molar-refractivity contribution in [1.29, 1.82) is 0 Å². The van der Waals surface area contributed by atoms with Gasteiger partial charge in [0.25, 0.3) is 5.91 Å². The van der Waals surface area contributed by atoms with Crippen molar-refractivity contribution in [3.63, 3.8) is 0 Å². The van der Waals surface area contributed by atoms with Gasteiger partial charge in [-0.3, -0.25) is 14.8 Å². The van der Waals surface area contributed by atoms with Crippen LogP contribution in [0.1, 0.15) is 36.8 Å². The van der Waals surface area contributed by atoms with Crippen LogP contribution < -0.4 is 0 Å². The van der Waals surface area contributed by atoms with Gasteiger partial charge in [-0.15, -0.1) is 0 Å². The number of pyridine rings is 2. The van der Waals surface area contributed by atoms with Gasteiger partial charge >= 0.3 is 0 Å². The van der Waals surface area contributed by atoms with Crippen molar-refractivity contribution in [3.05, 3.63) is 47.0 Å². The molecule has 0 aliphatic carbocycles. The molecule has 0 bridgehead atoms. The first-order chi connectivity index (χ1) is 10.2. The highest BCUT2D eigenvalue weighted by molar-refractivity contribution is 6.30. The Kier molecular flexibility index (Phi) is 4.52. The summed E-state index contributed by atoms with van der Waals surface area (Å²) in [6, 6.07) is 3.76. The normalized spacial score (nSPS) is 11.4. The van der Waals surface area contributed by atoms with Crippen molar-refractivity contribution in [2.75, 3.05) is 7.05 Å². The van der Waals surface area contributed by atoms with Crippen LogP contribution in [-0.2, 0) is 0 Å². The zero-order chi connectivity index (χ0) is 16.5. The fourth-order valence-electron chi connectivity index (χ4n) is 1.99. The Hall–Kier alpha value is -1.94. The lowest BCUT2D eigenvalue weighted by Gasteiger charge is -2.32. The first-order valence-electron chi connectivity index (χ1n) is 7.06. The molecule has 0 radical (unpaired) electrons. The highest BCUT2D eigenvalue weighted by Gasteiger charge is 2.25. The second-order valence-corrected chi connectivity index (χ2v) is 6.75. The van der Waals surface area contributed by atoms with E-state index in [2.05, 4.69) is 9.97 Å². The van der Waals surface area contributed by atoms with Gasteiger partial charge in [0, 0.05) is 42.3 Å². The number of aryl methyl sites for hydroxylation is 1. The average Bonchev–Trinajstić information content (AvgIpc) is 2.44. The standard InChI is InChI=1S/C17H20ClN3O/c1-11-6-12(13-7-14(18)10-19-8-13)9-20-15(11)16(22)21(5)17(2,3)4/h6-10H,1-5H3. The fourth-order valence-corrected chi connectivity index (χ4v) is 2.16. The molecule has 2 aromatic rings. The number of rotatable bonds is 2. The molecule has 0 N–H and O–H groups in total. The molecule has 0 aromatic carbocycles. The summed E-state index contributed by atoms with van der Waals surface area (Å²) in [7, 11) is 1.79. The van der Waals surface area contributed by atoms with Gasteiger partial charge in [0.05, 0.1) is 5.02 Å². The first kappa shape index (κ1) is 16.4. The minimum Gasteiger partial charge on any atom is -0.336 e. The number of hydrogen-bond donors (Lipinski definition) is 0. The Morgan fingerprint density at radius 2 is 1.77 bits per heavy atom.